The summed E-state index contributed by atoms with van der Waals surface area (Å²) in [6.45, 7) is 0. The third kappa shape index (κ3) is 4.56. The van der Waals surface area contributed by atoms with Crippen LogP contribution in [-0.2, 0) is 10.0 Å². The molecular formula is C19H16BrNO4S. The highest BCUT2D eigenvalue weighted by atomic mass is 79.9. The van der Waals surface area contributed by atoms with Crippen LogP contribution in [0.3, 0.4) is 0 Å². The molecule has 0 aliphatic heterocycles. The van der Waals surface area contributed by atoms with Gasteiger partial charge in [0.2, 0.25) is 0 Å². The Bertz CT molecular complexity index is 970. The molecule has 0 aromatic heterocycles. The van der Waals surface area contributed by atoms with Crippen molar-refractivity contribution in [1.29, 1.82) is 0 Å². The molecule has 1 N–H and O–H groups in total. The van der Waals surface area contributed by atoms with E-state index in [1.54, 1.807) is 43.5 Å². The van der Waals surface area contributed by atoms with Crippen molar-refractivity contribution < 1.29 is 17.9 Å². The third-order valence-corrected chi connectivity index (χ3v) is 5.45. The molecule has 0 aliphatic rings. The largest absolute Gasteiger partial charge is 0.497 e. The maximum Gasteiger partial charge on any atom is 0.261 e. The van der Waals surface area contributed by atoms with Gasteiger partial charge >= 0.3 is 0 Å². The van der Waals surface area contributed by atoms with E-state index in [0.29, 0.717) is 22.9 Å². The molecule has 0 unspecified atom stereocenters. The Morgan fingerprint density at radius 2 is 1.27 bits per heavy atom. The van der Waals surface area contributed by atoms with Gasteiger partial charge in [0.05, 0.1) is 12.0 Å². The summed E-state index contributed by atoms with van der Waals surface area (Å²) < 4.78 is 39.2. The van der Waals surface area contributed by atoms with Gasteiger partial charge in [-0.25, -0.2) is 8.42 Å². The lowest BCUT2D eigenvalue weighted by Gasteiger charge is -2.10. The fourth-order valence-electron chi connectivity index (χ4n) is 2.20. The topological polar surface area (TPSA) is 64.6 Å². The fourth-order valence-corrected chi connectivity index (χ4v) is 3.52. The summed E-state index contributed by atoms with van der Waals surface area (Å²) in [6.07, 6.45) is 0. The molecule has 7 heteroatoms. The van der Waals surface area contributed by atoms with Crippen molar-refractivity contribution in [2.24, 2.45) is 0 Å². The van der Waals surface area contributed by atoms with Gasteiger partial charge in [-0.1, -0.05) is 15.9 Å². The number of rotatable bonds is 6. The molecule has 26 heavy (non-hydrogen) atoms. The number of anilines is 1. The summed E-state index contributed by atoms with van der Waals surface area (Å²) in [5, 5.41) is 0. The molecule has 3 rings (SSSR count). The van der Waals surface area contributed by atoms with Crippen molar-refractivity contribution in [2.45, 2.75) is 4.90 Å². The van der Waals surface area contributed by atoms with Crippen LogP contribution in [0.15, 0.2) is 82.2 Å². The van der Waals surface area contributed by atoms with Gasteiger partial charge in [-0.15, -0.1) is 0 Å². The number of halogens is 1. The highest BCUT2D eigenvalue weighted by Crippen LogP contribution is 2.25. The summed E-state index contributed by atoms with van der Waals surface area (Å²) in [5.41, 5.74) is 0.459. The number of nitrogens with one attached hydrogen (secondary N) is 1. The van der Waals surface area contributed by atoms with Gasteiger partial charge in [0, 0.05) is 10.2 Å². The van der Waals surface area contributed by atoms with Gasteiger partial charge in [0.15, 0.2) is 0 Å². The fraction of sp³-hybridized carbons (Fsp3) is 0.0526. The van der Waals surface area contributed by atoms with Crippen LogP contribution in [0.1, 0.15) is 0 Å². The molecule has 0 heterocycles. The second kappa shape index (κ2) is 7.80. The monoisotopic (exact) mass is 433 g/mol. The molecule has 0 atom stereocenters. The summed E-state index contributed by atoms with van der Waals surface area (Å²) in [4.78, 5) is 0.150. The first-order chi connectivity index (χ1) is 12.5. The quantitative estimate of drug-likeness (QED) is 0.590. The summed E-state index contributed by atoms with van der Waals surface area (Å²) in [6, 6.07) is 20.3. The minimum Gasteiger partial charge on any atom is -0.497 e. The molecule has 0 bridgehead atoms. The zero-order valence-electron chi connectivity index (χ0n) is 13.8. The maximum atomic E-state index is 12.5. The van der Waals surface area contributed by atoms with Crippen LogP contribution in [0, 0.1) is 0 Å². The molecule has 3 aromatic rings. The normalized spacial score (nSPS) is 11.0. The van der Waals surface area contributed by atoms with Gasteiger partial charge in [-0.2, -0.15) is 0 Å². The summed E-state index contributed by atoms with van der Waals surface area (Å²) >= 11 is 3.36. The molecule has 0 fully saturated rings. The van der Waals surface area contributed by atoms with Crippen LogP contribution in [0.25, 0.3) is 0 Å². The number of hydrogen-bond acceptors (Lipinski definition) is 4. The van der Waals surface area contributed by atoms with Crippen molar-refractivity contribution in [3.05, 3.63) is 77.3 Å². The lowest BCUT2D eigenvalue weighted by molar-refractivity contribution is 0.415. The minimum atomic E-state index is -3.68. The van der Waals surface area contributed by atoms with Crippen molar-refractivity contribution in [3.63, 3.8) is 0 Å². The molecule has 0 saturated heterocycles. The number of hydrogen-bond donors (Lipinski definition) is 1. The van der Waals surface area contributed by atoms with Crippen molar-refractivity contribution >= 4 is 31.6 Å². The lowest BCUT2D eigenvalue weighted by atomic mass is 10.3. The van der Waals surface area contributed by atoms with Gasteiger partial charge in [0.1, 0.15) is 17.2 Å². The van der Waals surface area contributed by atoms with Crippen molar-refractivity contribution in [3.8, 4) is 17.2 Å². The molecule has 5 nitrogen and oxygen atoms in total. The van der Waals surface area contributed by atoms with Crippen LogP contribution in [0.2, 0.25) is 0 Å². The number of benzene rings is 3. The highest BCUT2D eigenvalue weighted by molar-refractivity contribution is 9.10. The van der Waals surface area contributed by atoms with E-state index < -0.39 is 10.0 Å². The number of sulfonamides is 1. The van der Waals surface area contributed by atoms with E-state index in [0.717, 1.165) is 4.47 Å². The zero-order valence-corrected chi connectivity index (χ0v) is 16.2. The number of methoxy groups -OCH3 is 1. The Hall–Kier alpha value is -2.51. The molecule has 0 saturated carbocycles. The molecule has 134 valence electrons. The summed E-state index contributed by atoms with van der Waals surface area (Å²) in [5.74, 6) is 1.87. The standard InChI is InChI=1S/C19H16BrNO4S/c1-24-16-8-4-15(5-9-16)21-26(22,23)19-12-10-18(11-13-19)25-17-6-2-14(20)3-7-17/h2-13,21H,1H3. The highest BCUT2D eigenvalue weighted by Gasteiger charge is 2.14. The van der Waals surface area contributed by atoms with E-state index in [4.69, 9.17) is 9.47 Å². The predicted molar refractivity (Wildman–Crippen MR) is 104 cm³/mol. The Balaban J connectivity index is 1.72. The van der Waals surface area contributed by atoms with Crippen molar-refractivity contribution in [2.75, 3.05) is 11.8 Å². The van der Waals surface area contributed by atoms with Gasteiger partial charge < -0.3 is 9.47 Å². The van der Waals surface area contributed by atoms with E-state index in [-0.39, 0.29) is 4.90 Å². The van der Waals surface area contributed by atoms with Crippen LogP contribution in [0.4, 0.5) is 5.69 Å². The van der Waals surface area contributed by atoms with Crippen LogP contribution in [0.5, 0.6) is 17.2 Å². The molecule has 3 aromatic carbocycles. The second-order valence-corrected chi connectivity index (χ2v) is 7.96. The first kappa shape index (κ1) is 18.3. The average molecular weight is 434 g/mol. The van der Waals surface area contributed by atoms with E-state index >= 15 is 0 Å². The van der Waals surface area contributed by atoms with E-state index in [1.165, 1.54) is 12.1 Å². The van der Waals surface area contributed by atoms with E-state index in [1.807, 2.05) is 24.3 Å². The smallest absolute Gasteiger partial charge is 0.261 e. The second-order valence-electron chi connectivity index (χ2n) is 5.36. The molecule has 0 spiro atoms. The lowest BCUT2D eigenvalue weighted by Crippen LogP contribution is -2.12. The van der Waals surface area contributed by atoms with E-state index in [9.17, 15) is 8.42 Å². The Labute approximate surface area is 160 Å². The van der Waals surface area contributed by atoms with Gasteiger partial charge in [0.25, 0.3) is 10.0 Å². The van der Waals surface area contributed by atoms with Gasteiger partial charge in [-0.3, -0.25) is 4.72 Å². The van der Waals surface area contributed by atoms with Crippen LogP contribution in [-0.4, -0.2) is 15.5 Å². The first-order valence-corrected chi connectivity index (χ1v) is 9.94. The Morgan fingerprint density at radius 3 is 1.81 bits per heavy atom. The van der Waals surface area contributed by atoms with E-state index in [2.05, 4.69) is 20.7 Å². The van der Waals surface area contributed by atoms with Gasteiger partial charge in [-0.05, 0) is 72.8 Å². The molecular weight excluding hydrogens is 418 g/mol. The Kier molecular flexibility index (Phi) is 5.49. The molecule has 0 amide bonds. The average Bonchev–Trinajstić information content (AvgIpc) is 2.64. The Morgan fingerprint density at radius 1 is 0.769 bits per heavy atom. The number of ether oxygens (including phenoxy) is 2. The predicted octanol–water partition coefficient (Wildman–Crippen LogP) is 5.05. The van der Waals surface area contributed by atoms with Crippen LogP contribution >= 0.6 is 15.9 Å². The zero-order chi connectivity index (χ0) is 18.6. The maximum absolute atomic E-state index is 12.5. The SMILES string of the molecule is COc1ccc(NS(=O)(=O)c2ccc(Oc3ccc(Br)cc3)cc2)cc1. The minimum absolute atomic E-state index is 0.150. The molecule has 0 aliphatic carbocycles. The molecule has 0 radical (unpaired) electrons. The third-order valence-electron chi connectivity index (χ3n) is 3.53. The van der Waals surface area contributed by atoms with Crippen molar-refractivity contribution in [1.82, 2.24) is 0 Å². The first-order valence-electron chi connectivity index (χ1n) is 7.67. The summed E-state index contributed by atoms with van der Waals surface area (Å²) in [7, 11) is -2.13. The van der Waals surface area contributed by atoms with Crippen LogP contribution < -0.4 is 14.2 Å².